The molecule has 0 bridgehead atoms. The molecule has 1 heterocycles. The minimum atomic E-state index is 0.545. The van der Waals surface area contributed by atoms with Crippen LogP contribution in [0.1, 0.15) is 25.3 Å². The fourth-order valence-electron chi connectivity index (χ4n) is 3.36. The maximum Gasteiger partial charge on any atom is 0.160 e. The van der Waals surface area contributed by atoms with Gasteiger partial charge >= 0.3 is 0 Å². The predicted molar refractivity (Wildman–Crippen MR) is 86.4 cm³/mol. The van der Waals surface area contributed by atoms with Gasteiger partial charge in [0.05, 0.1) is 14.2 Å². The van der Waals surface area contributed by atoms with E-state index in [1.807, 2.05) is 13.1 Å². The Morgan fingerprint density at radius 1 is 1.29 bits per heavy atom. The first-order valence-corrected chi connectivity index (χ1v) is 7.80. The highest BCUT2D eigenvalue weighted by atomic mass is 16.5. The third-order valence-electron chi connectivity index (χ3n) is 4.41. The molecule has 0 amide bonds. The van der Waals surface area contributed by atoms with E-state index in [1.54, 1.807) is 14.2 Å². The van der Waals surface area contributed by atoms with E-state index in [0.29, 0.717) is 12.1 Å². The van der Waals surface area contributed by atoms with Crippen molar-refractivity contribution >= 4 is 0 Å². The Hall–Kier alpha value is -1.26. The molecule has 1 aliphatic rings. The fraction of sp³-hybridized carbons (Fsp3) is 0.647. The van der Waals surface area contributed by atoms with Gasteiger partial charge in [-0.3, -0.25) is 4.90 Å². The Balaban J connectivity index is 2.03. The maximum atomic E-state index is 5.40. The number of hydrogen-bond donors (Lipinski definition) is 1. The maximum absolute atomic E-state index is 5.40. The van der Waals surface area contributed by atoms with Crippen molar-refractivity contribution in [1.82, 2.24) is 10.2 Å². The Kier molecular flexibility index (Phi) is 5.88. The summed E-state index contributed by atoms with van der Waals surface area (Å²) in [5.74, 6) is 1.61. The van der Waals surface area contributed by atoms with E-state index in [9.17, 15) is 0 Å². The van der Waals surface area contributed by atoms with Crippen LogP contribution < -0.4 is 14.8 Å². The number of rotatable bonds is 7. The van der Waals surface area contributed by atoms with Crippen molar-refractivity contribution in [3.63, 3.8) is 0 Å². The molecule has 4 nitrogen and oxygen atoms in total. The van der Waals surface area contributed by atoms with E-state index in [-0.39, 0.29) is 0 Å². The largest absolute Gasteiger partial charge is 0.493 e. The van der Waals surface area contributed by atoms with Crippen molar-refractivity contribution in [2.24, 2.45) is 0 Å². The van der Waals surface area contributed by atoms with Gasteiger partial charge in [-0.1, -0.05) is 6.07 Å². The molecule has 1 aliphatic heterocycles. The molecule has 1 saturated heterocycles. The quantitative estimate of drug-likeness (QED) is 0.836. The summed E-state index contributed by atoms with van der Waals surface area (Å²) in [6.07, 6.45) is 3.65. The van der Waals surface area contributed by atoms with Gasteiger partial charge in [0.25, 0.3) is 0 Å². The van der Waals surface area contributed by atoms with Crippen molar-refractivity contribution in [3.05, 3.63) is 23.8 Å². The van der Waals surface area contributed by atoms with Crippen molar-refractivity contribution in [2.75, 3.05) is 34.4 Å². The van der Waals surface area contributed by atoms with E-state index in [2.05, 4.69) is 29.3 Å². The number of ether oxygens (including phenoxy) is 2. The number of methoxy groups -OCH3 is 2. The molecule has 118 valence electrons. The topological polar surface area (TPSA) is 33.7 Å². The summed E-state index contributed by atoms with van der Waals surface area (Å²) in [6, 6.07) is 7.45. The molecule has 1 aromatic rings. The molecule has 0 saturated carbocycles. The SMILES string of the molecule is CNCC1CCCN1C(C)Cc1ccc(OC)c(OC)c1. The standard InChI is InChI=1S/C17H28N2O2/c1-13(19-9-5-6-15(19)12-18-2)10-14-7-8-16(20-3)17(11-14)21-4/h7-8,11,13,15,18H,5-6,9-10,12H2,1-4H3. The van der Waals surface area contributed by atoms with Gasteiger partial charge in [-0.25, -0.2) is 0 Å². The van der Waals surface area contributed by atoms with Crippen LogP contribution in [0.5, 0.6) is 11.5 Å². The second-order valence-corrected chi connectivity index (χ2v) is 5.83. The molecule has 2 unspecified atom stereocenters. The predicted octanol–water partition coefficient (Wildman–Crippen LogP) is 2.32. The fourth-order valence-corrected chi connectivity index (χ4v) is 3.36. The Labute approximate surface area is 128 Å². The zero-order chi connectivity index (χ0) is 15.2. The summed E-state index contributed by atoms with van der Waals surface area (Å²) in [5, 5.41) is 3.31. The van der Waals surface area contributed by atoms with Gasteiger partial charge in [-0.05, 0) is 57.5 Å². The Bertz CT molecular complexity index is 450. The van der Waals surface area contributed by atoms with Crippen LogP contribution in [0.3, 0.4) is 0 Å². The van der Waals surface area contributed by atoms with Gasteiger partial charge in [0.15, 0.2) is 11.5 Å². The first-order chi connectivity index (χ1) is 10.2. The summed E-state index contributed by atoms with van der Waals surface area (Å²) in [4.78, 5) is 2.63. The Morgan fingerprint density at radius 2 is 2.05 bits per heavy atom. The minimum Gasteiger partial charge on any atom is -0.493 e. The highest BCUT2D eigenvalue weighted by Crippen LogP contribution is 2.29. The summed E-state index contributed by atoms with van der Waals surface area (Å²) in [5.41, 5.74) is 1.30. The molecular formula is C17H28N2O2. The summed E-state index contributed by atoms with van der Waals surface area (Å²) in [7, 11) is 5.40. The van der Waals surface area contributed by atoms with E-state index >= 15 is 0 Å². The number of likely N-dealkylation sites (tertiary alicyclic amines) is 1. The normalized spacial score (nSPS) is 20.5. The first kappa shape index (κ1) is 16.1. The monoisotopic (exact) mass is 292 g/mol. The van der Waals surface area contributed by atoms with Gasteiger partial charge < -0.3 is 14.8 Å². The van der Waals surface area contributed by atoms with Crippen LogP contribution in [-0.2, 0) is 6.42 Å². The van der Waals surface area contributed by atoms with Gasteiger partial charge in [0, 0.05) is 18.6 Å². The minimum absolute atomic E-state index is 0.545. The van der Waals surface area contributed by atoms with E-state index < -0.39 is 0 Å². The number of benzene rings is 1. The average molecular weight is 292 g/mol. The van der Waals surface area contributed by atoms with Crippen LogP contribution in [0.25, 0.3) is 0 Å². The molecule has 1 fully saturated rings. The van der Waals surface area contributed by atoms with E-state index in [0.717, 1.165) is 24.5 Å². The van der Waals surface area contributed by atoms with Crippen molar-refractivity contribution < 1.29 is 9.47 Å². The van der Waals surface area contributed by atoms with Crippen molar-refractivity contribution in [1.29, 1.82) is 0 Å². The number of nitrogens with zero attached hydrogens (tertiary/aromatic N) is 1. The van der Waals surface area contributed by atoms with Crippen LogP contribution in [-0.4, -0.2) is 51.3 Å². The third kappa shape index (κ3) is 3.89. The zero-order valence-corrected chi connectivity index (χ0v) is 13.7. The van der Waals surface area contributed by atoms with Crippen LogP contribution in [0.4, 0.5) is 0 Å². The molecule has 0 radical (unpaired) electrons. The van der Waals surface area contributed by atoms with Gasteiger partial charge in [0.2, 0.25) is 0 Å². The lowest BCUT2D eigenvalue weighted by Crippen LogP contribution is -2.43. The highest BCUT2D eigenvalue weighted by molar-refractivity contribution is 5.43. The van der Waals surface area contributed by atoms with Crippen molar-refractivity contribution in [3.8, 4) is 11.5 Å². The second kappa shape index (κ2) is 7.66. The van der Waals surface area contributed by atoms with E-state index in [4.69, 9.17) is 9.47 Å². The van der Waals surface area contributed by atoms with Crippen LogP contribution in [0.2, 0.25) is 0 Å². The number of hydrogen-bond acceptors (Lipinski definition) is 4. The van der Waals surface area contributed by atoms with Gasteiger partial charge in [-0.15, -0.1) is 0 Å². The van der Waals surface area contributed by atoms with Crippen molar-refractivity contribution in [2.45, 2.75) is 38.3 Å². The second-order valence-electron chi connectivity index (χ2n) is 5.83. The molecule has 1 N–H and O–H groups in total. The Morgan fingerprint density at radius 3 is 2.71 bits per heavy atom. The molecule has 0 aliphatic carbocycles. The molecule has 0 aromatic heterocycles. The first-order valence-electron chi connectivity index (χ1n) is 7.80. The zero-order valence-electron chi connectivity index (χ0n) is 13.7. The molecule has 2 rings (SSSR count). The molecule has 0 spiro atoms. The lowest BCUT2D eigenvalue weighted by molar-refractivity contribution is 0.188. The third-order valence-corrected chi connectivity index (χ3v) is 4.41. The summed E-state index contributed by atoms with van der Waals surface area (Å²) in [6.45, 7) is 4.61. The number of likely N-dealkylation sites (N-methyl/N-ethyl adjacent to an activating group) is 1. The summed E-state index contributed by atoms with van der Waals surface area (Å²) >= 11 is 0. The molecule has 4 heteroatoms. The lowest BCUT2D eigenvalue weighted by atomic mass is 10.0. The highest BCUT2D eigenvalue weighted by Gasteiger charge is 2.27. The van der Waals surface area contributed by atoms with Crippen LogP contribution >= 0.6 is 0 Å². The van der Waals surface area contributed by atoms with Gasteiger partial charge in [0.1, 0.15) is 0 Å². The lowest BCUT2D eigenvalue weighted by Gasteiger charge is -2.31. The van der Waals surface area contributed by atoms with Gasteiger partial charge in [-0.2, -0.15) is 0 Å². The molecule has 21 heavy (non-hydrogen) atoms. The number of nitrogens with one attached hydrogen (secondary N) is 1. The average Bonchev–Trinajstić information content (AvgIpc) is 2.96. The van der Waals surface area contributed by atoms with Crippen LogP contribution in [0, 0.1) is 0 Å². The summed E-state index contributed by atoms with van der Waals surface area (Å²) < 4.78 is 10.7. The smallest absolute Gasteiger partial charge is 0.160 e. The molecular weight excluding hydrogens is 264 g/mol. The molecule has 1 aromatic carbocycles. The molecule has 2 atom stereocenters. The van der Waals surface area contributed by atoms with E-state index in [1.165, 1.54) is 24.9 Å². The van der Waals surface area contributed by atoms with Crippen LogP contribution in [0.15, 0.2) is 18.2 Å².